The van der Waals surface area contributed by atoms with Crippen LogP contribution in [0, 0.1) is 0 Å². The molecule has 0 aromatic heterocycles. The summed E-state index contributed by atoms with van der Waals surface area (Å²) in [4.78, 5) is 24.6. The summed E-state index contributed by atoms with van der Waals surface area (Å²) < 4.78 is 0. The molecule has 0 spiro atoms. The Balaban J connectivity index is 2.05. The number of unbranched alkanes of at least 4 members (excludes halogenated alkanes) is 1. The SMILES string of the molecule is CCCCNC(=O)c1ccccc1NC(=S)NC(=O)c1cc(Cl)cc(Cl)c1. The maximum atomic E-state index is 12.3. The van der Waals surface area contributed by atoms with Gasteiger partial charge < -0.3 is 10.6 Å². The maximum absolute atomic E-state index is 12.3. The van der Waals surface area contributed by atoms with Gasteiger partial charge in [0.2, 0.25) is 0 Å². The first-order valence-corrected chi connectivity index (χ1v) is 9.52. The fourth-order valence-electron chi connectivity index (χ4n) is 2.28. The van der Waals surface area contributed by atoms with Crippen LogP contribution in [0.15, 0.2) is 42.5 Å². The van der Waals surface area contributed by atoms with Crippen molar-refractivity contribution in [2.45, 2.75) is 19.8 Å². The number of nitrogens with one attached hydrogen (secondary N) is 3. The number of carbonyl (C=O) groups is 2. The second-order valence-corrected chi connectivity index (χ2v) is 7.00. The predicted molar refractivity (Wildman–Crippen MR) is 114 cm³/mol. The lowest BCUT2D eigenvalue weighted by molar-refractivity contribution is 0.0952. The Kier molecular flexibility index (Phi) is 8.03. The van der Waals surface area contributed by atoms with Crippen molar-refractivity contribution in [1.29, 1.82) is 0 Å². The molecule has 0 bridgehead atoms. The zero-order valence-corrected chi connectivity index (χ0v) is 17.0. The lowest BCUT2D eigenvalue weighted by Gasteiger charge is -2.13. The number of thiocarbonyl (C=S) groups is 1. The van der Waals surface area contributed by atoms with E-state index in [2.05, 4.69) is 22.9 Å². The van der Waals surface area contributed by atoms with Gasteiger partial charge in [0, 0.05) is 22.2 Å². The Morgan fingerprint density at radius 1 is 1.04 bits per heavy atom. The standard InChI is InChI=1S/C19H19Cl2N3O2S/c1-2-3-8-22-18(26)15-6-4-5-7-16(15)23-19(27)24-17(25)12-9-13(20)11-14(21)10-12/h4-7,9-11H,2-3,8H2,1H3,(H,22,26)(H2,23,24,25,27). The highest BCUT2D eigenvalue weighted by Gasteiger charge is 2.14. The van der Waals surface area contributed by atoms with Crippen LogP contribution in [-0.4, -0.2) is 23.5 Å². The van der Waals surface area contributed by atoms with Crippen LogP contribution in [0.5, 0.6) is 0 Å². The number of benzene rings is 2. The predicted octanol–water partition coefficient (Wildman–Crippen LogP) is 4.65. The molecular formula is C19H19Cl2N3O2S. The fourth-order valence-corrected chi connectivity index (χ4v) is 3.01. The number of amides is 2. The van der Waals surface area contributed by atoms with Crippen molar-refractivity contribution in [3.8, 4) is 0 Å². The van der Waals surface area contributed by atoms with E-state index in [1.54, 1.807) is 24.3 Å². The minimum Gasteiger partial charge on any atom is -0.352 e. The van der Waals surface area contributed by atoms with E-state index in [0.29, 0.717) is 27.8 Å². The average Bonchev–Trinajstić information content (AvgIpc) is 2.61. The number of hydrogen-bond donors (Lipinski definition) is 3. The van der Waals surface area contributed by atoms with Crippen LogP contribution in [0.25, 0.3) is 0 Å². The first-order chi connectivity index (χ1) is 12.9. The zero-order chi connectivity index (χ0) is 19.8. The van der Waals surface area contributed by atoms with Crippen molar-refractivity contribution in [1.82, 2.24) is 10.6 Å². The molecule has 3 N–H and O–H groups in total. The summed E-state index contributed by atoms with van der Waals surface area (Å²) in [5.41, 5.74) is 1.22. The molecule has 27 heavy (non-hydrogen) atoms. The average molecular weight is 424 g/mol. The molecule has 0 saturated heterocycles. The van der Waals surface area contributed by atoms with Crippen molar-refractivity contribution in [2.75, 3.05) is 11.9 Å². The molecule has 0 unspecified atom stereocenters. The molecule has 2 aromatic rings. The number of hydrogen-bond acceptors (Lipinski definition) is 3. The van der Waals surface area contributed by atoms with Crippen LogP contribution >= 0.6 is 35.4 Å². The third-order valence-corrected chi connectivity index (χ3v) is 4.23. The lowest BCUT2D eigenvalue weighted by Crippen LogP contribution is -2.35. The fraction of sp³-hybridized carbons (Fsp3) is 0.211. The van der Waals surface area contributed by atoms with Crippen LogP contribution in [0.1, 0.15) is 40.5 Å². The van der Waals surface area contributed by atoms with E-state index in [0.717, 1.165) is 12.8 Å². The monoisotopic (exact) mass is 423 g/mol. The highest BCUT2D eigenvalue weighted by atomic mass is 35.5. The quantitative estimate of drug-likeness (QED) is 0.467. The maximum Gasteiger partial charge on any atom is 0.257 e. The molecular weight excluding hydrogens is 405 g/mol. The summed E-state index contributed by atoms with van der Waals surface area (Å²) >= 11 is 17.0. The van der Waals surface area contributed by atoms with Gasteiger partial charge in [-0.25, -0.2) is 0 Å². The van der Waals surface area contributed by atoms with Gasteiger partial charge in [0.1, 0.15) is 0 Å². The van der Waals surface area contributed by atoms with Gasteiger partial charge in [-0.1, -0.05) is 48.7 Å². The number of halogens is 2. The molecule has 0 fully saturated rings. The summed E-state index contributed by atoms with van der Waals surface area (Å²) in [6.45, 7) is 2.65. The van der Waals surface area contributed by atoms with E-state index in [4.69, 9.17) is 35.4 Å². The van der Waals surface area contributed by atoms with Crippen LogP contribution in [-0.2, 0) is 0 Å². The van der Waals surface area contributed by atoms with Crippen LogP contribution in [0.2, 0.25) is 10.0 Å². The van der Waals surface area contributed by atoms with Crippen LogP contribution in [0.4, 0.5) is 5.69 Å². The molecule has 0 saturated carbocycles. The largest absolute Gasteiger partial charge is 0.352 e. The van der Waals surface area contributed by atoms with E-state index in [-0.39, 0.29) is 16.6 Å². The van der Waals surface area contributed by atoms with E-state index < -0.39 is 5.91 Å². The van der Waals surface area contributed by atoms with Gasteiger partial charge in [0.25, 0.3) is 11.8 Å². The molecule has 0 atom stereocenters. The zero-order valence-electron chi connectivity index (χ0n) is 14.6. The van der Waals surface area contributed by atoms with Gasteiger partial charge in [0.15, 0.2) is 5.11 Å². The van der Waals surface area contributed by atoms with Gasteiger partial charge in [-0.15, -0.1) is 0 Å². The number of carbonyl (C=O) groups excluding carboxylic acids is 2. The van der Waals surface area contributed by atoms with Gasteiger partial charge >= 0.3 is 0 Å². The Labute approximate surface area is 173 Å². The molecule has 0 heterocycles. The third-order valence-electron chi connectivity index (χ3n) is 3.59. The molecule has 2 rings (SSSR count). The van der Waals surface area contributed by atoms with Crippen molar-refractivity contribution >= 4 is 58.0 Å². The Hall–Kier alpha value is -2.15. The van der Waals surface area contributed by atoms with E-state index in [9.17, 15) is 9.59 Å². The number of rotatable bonds is 6. The lowest BCUT2D eigenvalue weighted by atomic mass is 10.1. The molecule has 2 aromatic carbocycles. The molecule has 0 aliphatic rings. The van der Waals surface area contributed by atoms with Crippen molar-refractivity contribution < 1.29 is 9.59 Å². The highest BCUT2D eigenvalue weighted by molar-refractivity contribution is 7.80. The second kappa shape index (κ2) is 10.3. The van der Waals surface area contributed by atoms with Crippen LogP contribution < -0.4 is 16.0 Å². The first-order valence-electron chi connectivity index (χ1n) is 8.36. The number of para-hydroxylation sites is 1. The summed E-state index contributed by atoms with van der Waals surface area (Å²) in [5, 5.41) is 9.04. The molecule has 5 nitrogen and oxygen atoms in total. The number of anilines is 1. The van der Waals surface area contributed by atoms with Gasteiger partial charge in [-0.05, 0) is 49.0 Å². The van der Waals surface area contributed by atoms with Crippen molar-refractivity contribution in [2.24, 2.45) is 0 Å². The van der Waals surface area contributed by atoms with Crippen molar-refractivity contribution in [3.63, 3.8) is 0 Å². The van der Waals surface area contributed by atoms with Gasteiger partial charge in [0.05, 0.1) is 11.3 Å². The summed E-state index contributed by atoms with van der Waals surface area (Å²) in [6.07, 6.45) is 1.89. The Bertz CT molecular complexity index is 838. The molecule has 8 heteroatoms. The molecule has 142 valence electrons. The van der Waals surface area contributed by atoms with E-state index >= 15 is 0 Å². The van der Waals surface area contributed by atoms with E-state index in [1.165, 1.54) is 18.2 Å². The summed E-state index contributed by atoms with van der Waals surface area (Å²) in [7, 11) is 0. The van der Waals surface area contributed by atoms with Gasteiger partial charge in [-0.2, -0.15) is 0 Å². The topological polar surface area (TPSA) is 70.2 Å². The normalized spacial score (nSPS) is 10.2. The minimum atomic E-state index is -0.457. The van der Waals surface area contributed by atoms with Crippen LogP contribution in [0.3, 0.4) is 0 Å². The Morgan fingerprint density at radius 2 is 1.70 bits per heavy atom. The molecule has 0 aliphatic heterocycles. The first kappa shape index (κ1) is 21.2. The second-order valence-electron chi connectivity index (χ2n) is 5.72. The van der Waals surface area contributed by atoms with E-state index in [1.807, 2.05) is 0 Å². The highest BCUT2D eigenvalue weighted by Crippen LogP contribution is 2.19. The smallest absolute Gasteiger partial charge is 0.257 e. The molecule has 0 radical (unpaired) electrons. The van der Waals surface area contributed by atoms with Crippen molar-refractivity contribution in [3.05, 3.63) is 63.6 Å². The summed E-state index contributed by atoms with van der Waals surface area (Å²) in [6, 6.07) is 11.4. The third kappa shape index (κ3) is 6.50. The molecule has 2 amide bonds. The minimum absolute atomic E-state index is 0.0601. The summed E-state index contributed by atoms with van der Waals surface area (Å²) in [5.74, 6) is -0.663. The Morgan fingerprint density at radius 3 is 2.37 bits per heavy atom. The van der Waals surface area contributed by atoms with Gasteiger partial charge in [-0.3, -0.25) is 14.9 Å². The molecule has 0 aliphatic carbocycles.